The van der Waals surface area contributed by atoms with Crippen molar-refractivity contribution >= 4 is 9.84 Å². The van der Waals surface area contributed by atoms with Crippen molar-refractivity contribution < 1.29 is 12.8 Å². The van der Waals surface area contributed by atoms with Crippen molar-refractivity contribution in [2.45, 2.75) is 29.9 Å². The molecule has 0 spiro atoms. The van der Waals surface area contributed by atoms with Crippen LogP contribution in [0.2, 0.25) is 0 Å². The minimum Gasteiger partial charge on any atom is -0.229 e. The molecule has 0 fully saturated rings. The molecule has 6 nitrogen and oxygen atoms in total. The van der Waals surface area contributed by atoms with E-state index in [2.05, 4.69) is 22.1 Å². The summed E-state index contributed by atoms with van der Waals surface area (Å²) in [7, 11) is -4.23. The van der Waals surface area contributed by atoms with Crippen LogP contribution < -0.4 is 0 Å². The molecule has 0 aliphatic heterocycles. The Morgan fingerprint density at radius 1 is 1.33 bits per heavy atom. The van der Waals surface area contributed by atoms with Crippen molar-refractivity contribution in [1.29, 1.82) is 0 Å². The zero-order valence-corrected chi connectivity index (χ0v) is 12.1. The second kappa shape index (κ2) is 6.57. The van der Waals surface area contributed by atoms with E-state index in [9.17, 15) is 12.8 Å². The van der Waals surface area contributed by atoms with E-state index in [-0.39, 0.29) is 6.42 Å². The maximum Gasteiger partial charge on any atom is 0.275 e. The maximum atomic E-state index is 14.0. The molecule has 0 amide bonds. The molecule has 0 bridgehead atoms. The predicted molar refractivity (Wildman–Crippen MR) is 75.3 cm³/mol. The number of sulfone groups is 1. The Hall–Kier alpha value is -2.09. The van der Waals surface area contributed by atoms with Gasteiger partial charge in [0.1, 0.15) is 0 Å². The first-order valence-corrected chi connectivity index (χ1v) is 7.94. The van der Waals surface area contributed by atoms with E-state index < -0.39 is 20.5 Å². The monoisotopic (exact) mass is 310 g/mol. The fraction of sp³-hybridized carbons (Fsp3) is 0.308. The number of unbranched alkanes of at least 4 members (excludes halogenated alkanes) is 1. The first kappa shape index (κ1) is 15.3. The molecule has 1 atom stereocenters. The van der Waals surface area contributed by atoms with Crippen molar-refractivity contribution in [2.75, 3.05) is 0 Å². The van der Waals surface area contributed by atoms with Crippen molar-refractivity contribution in [2.24, 2.45) is 0 Å². The van der Waals surface area contributed by atoms with Crippen molar-refractivity contribution in [3.8, 4) is 5.69 Å². The first-order chi connectivity index (χ1) is 10.1. The topological polar surface area (TPSA) is 77.7 Å². The Balaban J connectivity index is 2.30. The number of para-hydroxylation sites is 1. The number of aromatic nitrogens is 4. The van der Waals surface area contributed by atoms with E-state index in [1.807, 2.05) is 0 Å². The Bertz CT molecular complexity index is 700. The van der Waals surface area contributed by atoms with Gasteiger partial charge in [0, 0.05) is 0 Å². The number of nitrogens with zero attached hydrogens (tertiary/aromatic N) is 4. The molecular formula is C13H15FN4O2S. The number of benzene rings is 1. The number of hydrogen-bond donors (Lipinski definition) is 0. The van der Waals surface area contributed by atoms with E-state index in [0.717, 1.165) is 4.68 Å². The molecule has 112 valence electrons. The minimum atomic E-state index is -4.23. The normalized spacial score (nSPS) is 13.0. The Morgan fingerprint density at radius 3 is 2.71 bits per heavy atom. The molecule has 1 heterocycles. The summed E-state index contributed by atoms with van der Waals surface area (Å²) in [5.41, 5.74) is -1.58. The zero-order valence-electron chi connectivity index (χ0n) is 11.3. The Labute approximate surface area is 122 Å². The van der Waals surface area contributed by atoms with Gasteiger partial charge < -0.3 is 0 Å². The Kier molecular flexibility index (Phi) is 4.79. The van der Waals surface area contributed by atoms with Crippen LogP contribution in [0.1, 0.15) is 19.3 Å². The van der Waals surface area contributed by atoms with Gasteiger partial charge in [0.2, 0.25) is 15.3 Å². The van der Waals surface area contributed by atoms with Crippen LogP contribution in [-0.2, 0) is 9.84 Å². The molecule has 2 aromatic rings. The highest BCUT2D eigenvalue weighted by atomic mass is 32.2. The van der Waals surface area contributed by atoms with E-state index in [1.165, 1.54) is 0 Å². The summed E-state index contributed by atoms with van der Waals surface area (Å²) < 4.78 is 39.5. The second-order valence-corrected chi connectivity index (χ2v) is 6.35. The first-order valence-electron chi connectivity index (χ1n) is 6.40. The third-order valence-electron chi connectivity index (χ3n) is 2.87. The summed E-state index contributed by atoms with van der Waals surface area (Å²) in [6.07, 6.45) is 2.46. The van der Waals surface area contributed by atoms with Gasteiger partial charge in [-0.15, -0.1) is 6.58 Å². The highest BCUT2D eigenvalue weighted by Gasteiger charge is 2.32. The second-order valence-electron chi connectivity index (χ2n) is 4.38. The summed E-state index contributed by atoms with van der Waals surface area (Å²) in [6.45, 7) is 3.52. The van der Waals surface area contributed by atoms with Crippen LogP contribution in [0, 0.1) is 0 Å². The molecule has 0 radical (unpaired) electrons. The number of halogens is 1. The van der Waals surface area contributed by atoms with Crippen LogP contribution in [0.5, 0.6) is 0 Å². The smallest absolute Gasteiger partial charge is 0.229 e. The summed E-state index contributed by atoms with van der Waals surface area (Å²) in [5.74, 6) is 0. The lowest BCUT2D eigenvalue weighted by Gasteiger charge is -2.09. The molecule has 2 rings (SSSR count). The number of rotatable bonds is 7. The molecule has 0 aliphatic rings. The molecule has 8 heteroatoms. The Morgan fingerprint density at radius 2 is 2.05 bits per heavy atom. The molecule has 21 heavy (non-hydrogen) atoms. The largest absolute Gasteiger partial charge is 0.275 e. The maximum absolute atomic E-state index is 14.0. The lowest BCUT2D eigenvalue weighted by Crippen LogP contribution is -2.21. The van der Waals surface area contributed by atoms with Crippen LogP contribution in [0.25, 0.3) is 5.69 Å². The highest BCUT2D eigenvalue weighted by molar-refractivity contribution is 7.91. The summed E-state index contributed by atoms with van der Waals surface area (Å²) in [4.78, 5) is 0. The van der Waals surface area contributed by atoms with Gasteiger partial charge in [0.25, 0.3) is 5.16 Å². The lowest BCUT2D eigenvalue weighted by molar-refractivity contribution is 0.388. The van der Waals surface area contributed by atoms with E-state index in [0.29, 0.717) is 18.5 Å². The van der Waals surface area contributed by atoms with Gasteiger partial charge in [-0.05, 0) is 41.8 Å². The van der Waals surface area contributed by atoms with E-state index >= 15 is 0 Å². The molecule has 0 N–H and O–H groups in total. The average Bonchev–Trinajstić information content (AvgIpc) is 2.98. The van der Waals surface area contributed by atoms with Crippen molar-refractivity contribution in [3.63, 3.8) is 0 Å². The third-order valence-corrected chi connectivity index (χ3v) is 4.54. The molecule has 0 saturated carbocycles. The highest BCUT2D eigenvalue weighted by Crippen LogP contribution is 2.21. The molecular weight excluding hydrogens is 295 g/mol. The SMILES string of the molecule is C=CCCCC(F)S(=O)(=O)c1nnnn1-c1ccccc1. The average molecular weight is 310 g/mol. The van der Waals surface area contributed by atoms with Gasteiger partial charge in [-0.3, -0.25) is 0 Å². The number of allylic oxidation sites excluding steroid dienone is 1. The number of tetrazole rings is 1. The fourth-order valence-corrected chi connectivity index (χ4v) is 3.02. The summed E-state index contributed by atoms with van der Waals surface area (Å²) in [6, 6.07) is 8.48. The predicted octanol–water partition coefficient (Wildman–Crippen LogP) is 2.09. The third kappa shape index (κ3) is 3.33. The molecule has 0 aliphatic carbocycles. The summed E-state index contributed by atoms with van der Waals surface area (Å²) >= 11 is 0. The van der Waals surface area contributed by atoms with Gasteiger partial charge in [-0.1, -0.05) is 29.4 Å². The van der Waals surface area contributed by atoms with Crippen LogP contribution in [0.15, 0.2) is 48.1 Å². The van der Waals surface area contributed by atoms with Crippen LogP contribution in [0.4, 0.5) is 4.39 Å². The number of alkyl halides is 1. The molecule has 0 saturated heterocycles. The lowest BCUT2D eigenvalue weighted by atomic mass is 10.2. The van der Waals surface area contributed by atoms with E-state index in [1.54, 1.807) is 36.4 Å². The standard InChI is InChI=1S/C13H15FN4O2S/c1-2-3-5-10-12(14)21(19,20)13-15-16-17-18(13)11-8-6-4-7-9-11/h2,4,6-9,12H,1,3,5,10H2. The number of hydrogen-bond acceptors (Lipinski definition) is 5. The van der Waals surface area contributed by atoms with Crippen molar-refractivity contribution in [3.05, 3.63) is 43.0 Å². The van der Waals surface area contributed by atoms with Gasteiger partial charge in [0.05, 0.1) is 5.69 Å². The molecule has 1 aromatic heterocycles. The molecule has 1 unspecified atom stereocenters. The van der Waals surface area contributed by atoms with E-state index in [4.69, 9.17) is 0 Å². The summed E-state index contributed by atoms with van der Waals surface area (Å²) in [5, 5.41) is 9.95. The van der Waals surface area contributed by atoms with Crippen LogP contribution in [-0.4, -0.2) is 34.1 Å². The van der Waals surface area contributed by atoms with Gasteiger partial charge in [-0.25, -0.2) is 12.8 Å². The quantitative estimate of drug-likeness (QED) is 0.578. The zero-order chi connectivity index (χ0) is 15.3. The van der Waals surface area contributed by atoms with Crippen LogP contribution >= 0.6 is 0 Å². The van der Waals surface area contributed by atoms with Crippen molar-refractivity contribution in [1.82, 2.24) is 20.2 Å². The van der Waals surface area contributed by atoms with Gasteiger partial charge >= 0.3 is 0 Å². The van der Waals surface area contributed by atoms with Gasteiger partial charge in [0.15, 0.2) is 0 Å². The molecule has 1 aromatic carbocycles. The fourth-order valence-electron chi connectivity index (χ4n) is 1.78. The van der Waals surface area contributed by atoms with Crippen LogP contribution in [0.3, 0.4) is 0 Å². The van der Waals surface area contributed by atoms with Gasteiger partial charge in [-0.2, -0.15) is 4.68 Å². The minimum absolute atomic E-state index is 0.115.